The summed E-state index contributed by atoms with van der Waals surface area (Å²) in [6.45, 7) is 12.4. The molecule has 0 aromatic carbocycles. The van der Waals surface area contributed by atoms with Crippen LogP contribution in [-0.2, 0) is 4.74 Å². The molecule has 3 atom stereocenters. The van der Waals surface area contributed by atoms with Gasteiger partial charge in [-0.05, 0) is 43.6 Å². The summed E-state index contributed by atoms with van der Waals surface area (Å²) in [6, 6.07) is 0.703. The van der Waals surface area contributed by atoms with E-state index in [9.17, 15) is 0 Å². The Kier molecular flexibility index (Phi) is 7.92. The van der Waals surface area contributed by atoms with Crippen LogP contribution in [0.2, 0.25) is 0 Å². The van der Waals surface area contributed by atoms with Crippen LogP contribution < -0.4 is 5.32 Å². The maximum atomic E-state index is 5.60. The highest BCUT2D eigenvalue weighted by atomic mass is 16.5. The van der Waals surface area contributed by atoms with E-state index in [4.69, 9.17) is 4.74 Å². The standard InChI is InChI=1S/C16H33NO/c1-5-9-17-16(11-14(6-2)7-3)15-8-10-18-12-13(15)4/h13-17H,5-12H2,1-4H3. The molecule has 3 unspecified atom stereocenters. The van der Waals surface area contributed by atoms with Crippen LogP contribution in [0.1, 0.15) is 59.8 Å². The third-order valence-electron chi connectivity index (χ3n) is 4.62. The fraction of sp³-hybridized carbons (Fsp3) is 1.00. The molecule has 1 heterocycles. The van der Waals surface area contributed by atoms with Gasteiger partial charge in [-0.25, -0.2) is 0 Å². The lowest BCUT2D eigenvalue weighted by molar-refractivity contribution is 0.00744. The number of hydrogen-bond donors (Lipinski definition) is 1. The van der Waals surface area contributed by atoms with Crippen LogP contribution in [0.15, 0.2) is 0 Å². The van der Waals surface area contributed by atoms with Crippen LogP contribution in [0.5, 0.6) is 0 Å². The highest BCUT2D eigenvalue weighted by molar-refractivity contribution is 4.84. The van der Waals surface area contributed by atoms with Gasteiger partial charge in [0.15, 0.2) is 0 Å². The molecule has 1 fully saturated rings. The summed E-state index contributed by atoms with van der Waals surface area (Å²) >= 11 is 0. The van der Waals surface area contributed by atoms with Crippen LogP contribution in [0.25, 0.3) is 0 Å². The van der Waals surface area contributed by atoms with E-state index in [1.54, 1.807) is 0 Å². The molecule has 0 aromatic rings. The number of ether oxygens (including phenoxy) is 1. The van der Waals surface area contributed by atoms with Crippen LogP contribution in [-0.4, -0.2) is 25.8 Å². The molecule has 0 radical (unpaired) electrons. The summed E-state index contributed by atoms with van der Waals surface area (Å²) in [5, 5.41) is 3.81. The number of rotatable bonds is 8. The van der Waals surface area contributed by atoms with Crippen molar-refractivity contribution in [3.8, 4) is 0 Å². The molecule has 0 aliphatic carbocycles. The largest absolute Gasteiger partial charge is 0.381 e. The van der Waals surface area contributed by atoms with Gasteiger partial charge in [-0.3, -0.25) is 0 Å². The summed E-state index contributed by atoms with van der Waals surface area (Å²) in [6.07, 6.45) is 6.46. The summed E-state index contributed by atoms with van der Waals surface area (Å²) in [5.74, 6) is 2.41. The van der Waals surface area contributed by atoms with Gasteiger partial charge in [0.2, 0.25) is 0 Å². The fourth-order valence-electron chi connectivity index (χ4n) is 3.21. The Morgan fingerprint density at radius 1 is 1.22 bits per heavy atom. The first-order chi connectivity index (χ1) is 8.72. The number of nitrogens with one attached hydrogen (secondary N) is 1. The molecule has 1 aliphatic rings. The molecule has 18 heavy (non-hydrogen) atoms. The second-order valence-corrected chi connectivity index (χ2v) is 5.98. The Balaban J connectivity index is 2.57. The van der Waals surface area contributed by atoms with E-state index in [-0.39, 0.29) is 0 Å². The van der Waals surface area contributed by atoms with Crippen molar-refractivity contribution in [2.45, 2.75) is 65.8 Å². The van der Waals surface area contributed by atoms with Gasteiger partial charge in [0.05, 0.1) is 0 Å². The Morgan fingerprint density at radius 2 is 1.94 bits per heavy atom. The first-order valence-corrected chi connectivity index (χ1v) is 8.03. The molecule has 1 N–H and O–H groups in total. The third-order valence-corrected chi connectivity index (χ3v) is 4.62. The van der Waals surface area contributed by atoms with Crippen molar-refractivity contribution in [3.63, 3.8) is 0 Å². The minimum atomic E-state index is 0.703. The SMILES string of the molecule is CCCNC(CC(CC)CC)C1CCOCC1C. The van der Waals surface area contributed by atoms with Crippen LogP contribution in [0.4, 0.5) is 0 Å². The van der Waals surface area contributed by atoms with E-state index in [2.05, 4.69) is 33.0 Å². The lowest BCUT2D eigenvalue weighted by atomic mass is 9.79. The molecule has 108 valence electrons. The predicted molar refractivity (Wildman–Crippen MR) is 78.9 cm³/mol. The van der Waals surface area contributed by atoms with Crippen LogP contribution >= 0.6 is 0 Å². The van der Waals surface area contributed by atoms with Crippen molar-refractivity contribution < 1.29 is 4.74 Å². The smallest absolute Gasteiger partial charge is 0.0494 e. The van der Waals surface area contributed by atoms with Crippen LogP contribution in [0, 0.1) is 17.8 Å². The van der Waals surface area contributed by atoms with E-state index >= 15 is 0 Å². The average molecular weight is 255 g/mol. The first-order valence-electron chi connectivity index (χ1n) is 8.03. The van der Waals surface area contributed by atoms with Gasteiger partial charge < -0.3 is 10.1 Å². The Bertz CT molecular complexity index is 203. The van der Waals surface area contributed by atoms with E-state index < -0.39 is 0 Å². The van der Waals surface area contributed by atoms with Gasteiger partial charge in [0.1, 0.15) is 0 Å². The Morgan fingerprint density at radius 3 is 2.50 bits per heavy atom. The zero-order valence-electron chi connectivity index (χ0n) is 12.9. The summed E-state index contributed by atoms with van der Waals surface area (Å²) in [5.41, 5.74) is 0. The molecule has 2 nitrogen and oxygen atoms in total. The van der Waals surface area contributed by atoms with Gasteiger partial charge in [-0.2, -0.15) is 0 Å². The first kappa shape index (κ1) is 16.0. The molecule has 0 aromatic heterocycles. The maximum absolute atomic E-state index is 5.60. The molecular formula is C16H33NO. The van der Waals surface area contributed by atoms with Gasteiger partial charge in [0.25, 0.3) is 0 Å². The molecule has 0 spiro atoms. The molecule has 0 amide bonds. The highest BCUT2D eigenvalue weighted by Gasteiger charge is 2.30. The van der Waals surface area contributed by atoms with Crippen molar-refractivity contribution in [2.75, 3.05) is 19.8 Å². The number of hydrogen-bond acceptors (Lipinski definition) is 2. The maximum Gasteiger partial charge on any atom is 0.0494 e. The molecule has 2 heteroatoms. The zero-order valence-corrected chi connectivity index (χ0v) is 12.9. The second-order valence-electron chi connectivity index (χ2n) is 5.98. The van der Waals surface area contributed by atoms with Crippen molar-refractivity contribution >= 4 is 0 Å². The monoisotopic (exact) mass is 255 g/mol. The van der Waals surface area contributed by atoms with Crippen molar-refractivity contribution in [1.29, 1.82) is 0 Å². The Hall–Kier alpha value is -0.0800. The second kappa shape index (κ2) is 8.92. The average Bonchev–Trinajstić information content (AvgIpc) is 2.40. The lowest BCUT2D eigenvalue weighted by Crippen LogP contribution is -2.44. The predicted octanol–water partition coefficient (Wildman–Crippen LogP) is 3.85. The minimum absolute atomic E-state index is 0.703. The lowest BCUT2D eigenvalue weighted by Gasteiger charge is -2.37. The summed E-state index contributed by atoms with van der Waals surface area (Å²) < 4.78 is 5.60. The zero-order chi connectivity index (χ0) is 13.4. The van der Waals surface area contributed by atoms with E-state index in [0.717, 1.165) is 31.6 Å². The summed E-state index contributed by atoms with van der Waals surface area (Å²) in [4.78, 5) is 0. The van der Waals surface area contributed by atoms with Crippen molar-refractivity contribution in [1.82, 2.24) is 5.32 Å². The topological polar surface area (TPSA) is 21.3 Å². The normalized spacial score (nSPS) is 26.5. The fourth-order valence-corrected chi connectivity index (χ4v) is 3.21. The molecule has 1 rings (SSSR count). The molecule has 1 aliphatic heterocycles. The van der Waals surface area contributed by atoms with E-state index in [0.29, 0.717) is 12.0 Å². The van der Waals surface area contributed by atoms with Crippen LogP contribution in [0.3, 0.4) is 0 Å². The third kappa shape index (κ3) is 4.89. The van der Waals surface area contributed by atoms with Crippen molar-refractivity contribution in [2.24, 2.45) is 17.8 Å². The Labute approximate surface area is 114 Å². The van der Waals surface area contributed by atoms with E-state index in [1.165, 1.54) is 32.1 Å². The molecular weight excluding hydrogens is 222 g/mol. The minimum Gasteiger partial charge on any atom is -0.381 e. The highest BCUT2D eigenvalue weighted by Crippen LogP contribution is 2.29. The van der Waals surface area contributed by atoms with Gasteiger partial charge in [-0.1, -0.05) is 40.5 Å². The van der Waals surface area contributed by atoms with Gasteiger partial charge in [0, 0.05) is 19.3 Å². The van der Waals surface area contributed by atoms with Gasteiger partial charge >= 0.3 is 0 Å². The summed E-state index contributed by atoms with van der Waals surface area (Å²) in [7, 11) is 0. The molecule has 0 bridgehead atoms. The molecule has 0 saturated carbocycles. The quantitative estimate of drug-likeness (QED) is 0.711. The van der Waals surface area contributed by atoms with Crippen molar-refractivity contribution in [3.05, 3.63) is 0 Å². The molecule has 1 saturated heterocycles. The van der Waals surface area contributed by atoms with E-state index in [1.807, 2.05) is 0 Å². The van der Waals surface area contributed by atoms with Gasteiger partial charge in [-0.15, -0.1) is 0 Å².